The summed E-state index contributed by atoms with van der Waals surface area (Å²) in [5.74, 6) is 0. The quantitative estimate of drug-likeness (QED) is 0.316. The Kier molecular flexibility index (Phi) is 18.0. The molecule has 0 N–H and O–H groups in total. The van der Waals surface area contributed by atoms with E-state index < -0.39 is 11.4 Å². The summed E-state index contributed by atoms with van der Waals surface area (Å²) in [4.78, 5) is 0. The third-order valence-corrected chi connectivity index (χ3v) is 2.04. The molecule has 0 aromatic heterocycles. The van der Waals surface area contributed by atoms with Crippen LogP contribution in [0.4, 0.5) is 0 Å². The molecule has 0 aliphatic carbocycles. The van der Waals surface area contributed by atoms with Gasteiger partial charge in [0.1, 0.15) is 0 Å². The predicted molar refractivity (Wildman–Crippen MR) is 49.4 cm³/mol. The van der Waals surface area contributed by atoms with Crippen LogP contribution in [0.15, 0.2) is 0 Å². The summed E-state index contributed by atoms with van der Waals surface area (Å²) in [5.41, 5.74) is 0. The van der Waals surface area contributed by atoms with Crippen molar-refractivity contribution in [2.75, 3.05) is 6.61 Å². The zero-order valence-electron chi connectivity index (χ0n) is 9.58. The molecule has 0 aliphatic rings. The van der Waals surface area contributed by atoms with Crippen LogP contribution in [0.25, 0.3) is 0 Å². The summed E-state index contributed by atoms with van der Waals surface area (Å²) < 4.78 is 24.2. The van der Waals surface area contributed by atoms with Crippen molar-refractivity contribution in [2.45, 2.75) is 45.4 Å². The average molecular weight is 233 g/mol. The van der Waals surface area contributed by atoms with Crippen molar-refractivity contribution in [2.24, 2.45) is 0 Å². The molecule has 0 bridgehead atoms. The van der Waals surface area contributed by atoms with Crippen LogP contribution in [-0.4, -0.2) is 15.4 Å². The first-order chi connectivity index (χ1) is 5.77. The maximum absolute atomic E-state index is 9.91. The SMILES string of the molecule is CCCCCCCCOS(=O)[O-].[H-].[K+]. The summed E-state index contributed by atoms with van der Waals surface area (Å²) in [6, 6.07) is 0. The number of rotatable bonds is 8. The van der Waals surface area contributed by atoms with Gasteiger partial charge in [-0.15, -0.1) is 0 Å². The van der Waals surface area contributed by atoms with Gasteiger partial charge in [0.25, 0.3) is 0 Å². The third-order valence-electron chi connectivity index (χ3n) is 1.68. The molecule has 13 heavy (non-hydrogen) atoms. The summed E-state index contributed by atoms with van der Waals surface area (Å²) >= 11 is -2.32. The fourth-order valence-electron chi connectivity index (χ4n) is 1.01. The molecule has 1 unspecified atom stereocenters. The Bertz CT molecular complexity index is 127. The van der Waals surface area contributed by atoms with Crippen LogP contribution in [0.5, 0.6) is 0 Å². The van der Waals surface area contributed by atoms with E-state index in [-0.39, 0.29) is 52.8 Å². The molecule has 1 atom stereocenters. The Balaban J connectivity index is -0.000000605. The molecular formula is C8H18KO3S-. The van der Waals surface area contributed by atoms with E-state index in [2.05, 4.69) is 11.1 Å². The second-order valence-corrected chi connectivity index (χ2v) is 3.44. The van der Waals surface area contributed by atoms with Gasteiger partial charge < -0.3 is 10.2 Å². The van der Waals surface area contributed by atoms with Crippen molar-refractivity contribution in [1.82, 2.24) is 0 Å². The van der Waals surface area contributed by atoms with Crippen LogP contribution in [-0.2, 0) is 15.5 Å². The first-order valence-corrected chi connectivity index (χ1v) is 5.50. The van der Waals surface area contributed by atoms with Crippen LogP contribution in [0, 0.1) is 0 Å². The van der Waals surface area contributed by atoms with E-state index in [1.54, 1.807) is 0 Å². The van der Waals surface area contributed by atoms with Gasteiger partial charge in [0.05, 0.1) is 18.0 Å². The smallest absolute Gasteiger partial charge is 1.00 e. The molecule has 0 aliphatic heterocycles. The molecule has 76 valence electrons. The maximum Gasteiger partial charge on any atom is 1.00 e. The Morgan fingerprint density at radius 2 is 1.77 bits per heavy atom. The zero-order valence-corrected chi connectivity index (χ0v) is 12.5. The van der Waals surface area contributed by atoms with E-state index in [4.69, 9.17) is 0 Å². The minimum Gasteiger partial charge on any atom is -1.00 e. The van der Waals surface area contributed by atoms with E-state index in [9.17, 15) is 8.76 Å². The van der Waals surface area contributed by atoms with Crippen molar-refractivity contribution < 1.29 is 65.8 Å². The predicted octanol–water partition coefficient (Wildman–Crippen LogP) is -0.726. The fourth-order valence-corrected chi connectivity index (χ4v) is 1.26. The zero-order chi connectivity index (χ0) is 9.23. The van der Waals surface area contributed by atoms with Crippen molar-refractivity contribution in [3.8, 4) is 0 Å². The number of hydrogen-bond donors (Lipinski definition) is 0. The molecule has 0 spiro atoms. The molecular weight excluding hydrogens is 215 g/mol. The third kappa shape index (κ3) is 16.4. The molecule has 0 aromatic rings. The monoisotopic (exact) mass is 233 g/mol. The summed E-state index contributed by atoms with van der Waals surface area (Å²) in [6.07, 6.45) is 6.85. The average Bonchev–Trinajstić information content (AvgIpc) is 2.02. The second kappa shape index (κ2) is 13.7. The van der Waals surface area contributed by atoms with Gasteiger partial charge in [0.15, 0.2) is 0 Å². The summed E-state index contributed by atoms with van der Waals surface area (Å²) in [6.45, 7) is 2.51. The molecule has 0 rings (SSSR count). The van der Waals surface area contributed by atoms with Gasteiger partial charge in [0, 0.05) is 0 Å². The first-order valence-electron chi connectivity index (χ1n) is 4.50. The minimum absolute atomic E-state index is 0. The Morgan fingerprint density at radius 1 is 1.23 bits per heavy atom. The fraction of sp³-hybridized carbons (Fsp3) is 1.00. The molecule has 3 nitrogen and oxygen atoms in total. The van der Waals surface area contributed by atoms with Gasteiger partial charge in [-0.25, -0.2) is 4.21 Å². The summed E-state index contributed by atoms with van der Waals surface area (Å²) in [5, 5.41) is 0. The summed E-state index contributed by atoms with van der Waals surface area (Å²) in [7, 11) is 0. The Hall–Kier alpha value is 1.71. The van der Waals surface area contributed by atoms with Gasteiger partial charge >= 0.3 is 51.4 Å². The van der Waals surface area contributed by atoms with Crippen LogP contribution in [0.1, 0.15) is 46.9 Å². The van der Waals surface area contributed by atoms with E-state index in [0.717, 1.165) is 12.8 Å². The largest absolute Gasteiger partial charge is 1.00 e. The Morgan fingerprint density at radius 3 is 2.31 bits per heavy atom. The molecule has 0 heterocycles. The van der Waals surface area contributed by atoms with E-state index >= 15 is 0 Å². The normalized spacial score (nSPS) is 12.2. The number of hydrogen-bond acceptors (Lipinski definition) is 3. The maximum atomic E-state index is 9.91. The van der Waals surface area contributed by atoms with E-state index in [1.807, 2.05) is 0 Å². The topological polar surface area (TPSA) is 49.4 Å². The molecule has 0 amide bonds. The molecule has 0 radical (unpaired) electrons. The van der Waals surface area contributed by atoms with E-state index in [0.29, 0.717) is 6.61 Å². The van der Waals surface area contributed by atoms with Crippen molar-refractivity contribution in [3.63, 3.8) is 0 Å². The van der Waals surface area contributed by atoms with Gasteiger partial charge in [-0.3, -0.25) is 0 Å². The van der Waals surface area contributed by atoms with Crippen LogP contribution in [0.3, 0.4) is 0 Å². The minimum atomic E-state index is -2.32. The molecule has 0 fully saturated rings. The molecule has 0 aromatic carbocycles. The molecule has 0 saturated carbocycles. The molecule has 5 heteroatoms. The van der Waals surface area contributed by atoms with Gasteiger partial charge in [-0.1, -0.05) is 39.0 Å². The standard InChI is InChI=1S/C8H18O3S.K.H/c1-2-3-4-5-6-7-8-11-12(9)10;;/h2-8H2,1H3,(H,9,10);;/q;+1;-1/p-1. The van der Waals surface area contributed by atoms with Gasteiger partial charge in [0.2, 0.25) is 0 Å². The molecule has 0 saturated heterocycles. The van der Waals surface area contributed by atoms with Crippen molar-refractivity contribution in [1.29, 1.82) is 0 Å². The Labute approximate surface area is 127 Å². The second-order valence-electron chi connectivity index (χ2n) is 2.79. The number of unbranched alkanes of at least 4 members (excludes halogenated alkanes) is 5. The van der Waals surface area contributed by atoms with Crippen molar-refractivity contribution in [3.05, 3.63) is 0 Å². The van der Waals surface area contributed by atoms with Crippen LogP contribution >= 0.6 is 0 Å². The van der Waals surface area contributed by atoms with Gasteiger partial charge in [-0.05, 0) is 6.42 Å². The van der Waals surface area contributed by atoms with Crippen LogP contribution in [0.2, 0.25) is 0 Å². The first kappa shape index (κ1) is 17.1. The van der Waals surface area contributed by atoms with Crippen molar-refractivity contribution >= 4 is 11.4 Å². The van der Waals surface area contributed by atoms with Crippen LogP contribution < -0.4 is 51.4 Å². The van der Waals surface area contributed by atoms with Gasteiger partial charge in [-0.2, -0.15) is 0 Å². The van der Waals surface area contributed by atoms with E-state index in [1.165, 1.54) is 25.7 Å².